The molecule has 6 heteroatoms. The van der Waals surface area contributed by atoms with Crippen molar-refractivity contribution in [2.75, 3.05) is 58.9 Å². The molecule has 1 saturated heterocycles. The predicted octanol–water partition coefficient (Wildman–Crippen LogP) is 3.14. The van der Waals surface area contributed by atoms with E-state index in [0.29, 0.717) is 0 Å². The van der Waals surface area contributed by atoms with E-state index in [1.165, 1.54) is 69.7 Å². The molecule has 1 saturated carbocycles. The van der Waals surface area contributed by atoms with Crippen LogP contribution in [0.25, 0.3) is 0 Å². The lowest BCUT2D eigenvalue weighted by Gasteiger charge is -2.35. The molecule has 2 aliphatic rings. The molecule has 0 spiro atoms. The van der Waals surface area contributed by atoms with Crippen molar-refractivity contribution in [1.82, 2.24) is 20.4 Å². The molecule has 0 unspecified atom stereocenters. The third kappa shape index (κ3) is 5.94. The summed E-state index contributed by atoms with van der Waals surface area (Å²) in [6, 6.07) is 4.52. The van der Waals surface area contributed by atoms with Crippen molar-refractivity contribution < 1.29 is 0 Å². The summed E-state index contributed by atoms with van der Waals surface area (Å²) >= 11 is 1.91. The number of rotatable bonds is 8. The van der Waals surface area contributed by atoms with Crippen LogP contribution in [-0.2, 0) is 5.41 Å². The summed E-state index contributed by atoms with van der Waals surface area (Å²) in [7, 11) is 0. The average molecular weight is 406 g/mol. The Bertz CT molecular complexity index is 572. The van der Waals surface area contributed by atoms with Gasteiger partial charge in [0.15, 0.2) is 5.96 Å². The number of guanidine groups is 1. The first-order valence-corrected chi connectivity index (χ1v) is 12.1. The SMILES string of the molecule is CCNC(=NCC1(c2cccs2)CCCCC1)NCCN1CCN(CC)CC1. The van der Waals surface area contributed by atoms with Gasteiger partial charge in [0, 0.05) is 56.1 Å². The van der Waals surface area contributed by atoms with Crippen molar-refractivity contribution in [2.45, 2.75) is 51.4 Å². The van der Waals surface area contributed by atoms with E-state index in [0.717, 1.165) is 32.1 Å². The summed E-state index contributed by atoms with van der Waals surface area (Å²) in [6.07, 6.45) is 6.60. The maximum atomic E-state index is 5.05. The van der Waals surface area contributed by atoms with Crippen LogP contribution in [-0.4, -0.2) is 74.7 Å². The van der Waals surface area contributed by atoms with E-state index in [1.807, 2.05) is 11.3 Å². The van der Waals surface area contributed by atoms with Crippen LogP contribution < -0.4 is 10.6 Å². The van der Waals surface area contributed by atoms with Crippen molar-refractivity contribution in [1.29, 1.82) is 0 Å². The highest BCUT2D eigenvalue weighted by atomic mass is 32.1. The molecule has 1 aromatic rings. The predicted molar refractivity (Wildman–Crippen MR) is 122 cm³/mol. The summed E-state index contributed by atoms with van der Waals surface area (Å²) in [5.41, 5.74) is 0.255. The first-order valence-electron chi connectivity index (χ1n) is 11.3. The maximum absolute atomic E-state index is 5.05. The van der Waals surface area contributed by atoms with Crippen LogP contribution in [0.4, 0.5) is 0 Å². The molecule has 1 aliphatic carbocycles. The minimum absolute atomic E-state index is 0.255. The quantitative estimate of drug-likeness (QED) is 0.515. The lowest BCUT2D eigenvalue weighted by molar-refractivity contribution is 0.139. The van der Waals surface area contributed by atoms with E-state index in [4.69, 9.17) is 4.99 Å². The fourth-order valence-electron chi connectivity index (χ4n) is 4.52. The second-order valence-electron chi connectivity index (χ2n) is 8.22. The van der Waals surface area contributed by atoms with Gasteiger partial charge in [-0.25, -0.2) is 0 Å². The number of thiophene rings is 1. The fraction of sp³-hybridized carbons (Fsp3) is 0.773. The van der Waals surface area contributed by atoms with Gasteiger partial charge in [0.25, 0.3) is 0 Å². The zero-order valence-electron chi connectivity index (χ0n) is 17.9. The molecule has 0 atom stereocenters. The smallest absolute Gasteiger partial charge is 0.191 e. The number of hydrogen-bond donors (Lipinski definition) is 2. The minimum atomic E-state index is 0.255. The van der Waals surface area contributed by atoms with E-state index < -0.39 is 0 Å². The van der Waals surface area contributed by atoms with Crippen molar-refractivity contribution in [3.05, 3.63) is 22.4 Å². The monoisotopic (exact) mass is 405 g/mol. The summed E-state index contributed by atoms with van der Waals surface area (Å²) in [4.78, 5) is 11.7. The molecule has 0 amide bonds. The van der Waals surface area contributed by atoms with Crippen LogP contribution in [0, 0.1) is 0 Å². The maximum Gasteiger partial charge on any atom is 0.191 e. The largest absolute Gasteiger partial charge is 0.357 e. The van der Waals surface area contributed by atoms with Crippen LogP contribution in [0.1, 0.15) is 50.8 Å². The van der Waals surface area contributed by atoms with Gasteiger partial charge in [-0.3, -0.25) is 9.89 Å². The first-order chi connectivity index (χ1) is 13.8. The lowest BCUT2D eigenvalue weighted by atomic mass is 9.73. The Balaban J connectivity index is 1.53. The van der Waals surface area contributed by atoms with Crippen molar-refractivity contribution >= 4 is 17.3 Å². The number of piperazine rings is 1. The lowest BCUT2D eigenvalue weighted by Crippen LogP contribution is -2.49. The fourth-order valence-corrected chi connectivity index (χ4v) is 5.50. The number of hydrogen-bond acceptors (Lipinski definition) is 4. The summed E-state index contributed by atoms with van der Waals surface area (Å²) in [5.74, 6) is 0.983. The summed E-state index contributed by atoms with van der Waals surface area (Å²) in [6.45, 7) is 14.2. The van der Waals surface area contributed by atoms with Crippen LogP contribution in [0.2, 0.25) is 0 Å². The van der Waals surface area contributed by atoms with E-state index in [1.54, 1.807) is 0 Å². The molecule has 2 fully saturated rings. The van der Waals surface area contributed by atoms with Crippen LogP contribution >= 0.6 is 11.3 Å². The molecule has 28 heavy (non-hydrogen) atoms. The second kappa shape index (κ2) is 11.2. The van der Waals surface area contributed by atoms with Gasteiger partial charge in [-0.1, -0.05) is 32.3 Å². The molecule has 1 aliphatic heterocycles. The van der Waals surface area contributed by atoms with Crippen molar-refractivity contribution in [3.8, 4) is 0 Å². The van der Waals surface area contributed by atoms with Crippen molar-refractivity contribution in [3.63, 3.8) is 0 Å². The Morgan fingerprint density at radius 3 is 2.46 bits per heavy atom. The second-order valence-corrected chi connectivity index (χ2v) is 9.16. The molecule has 0 bridgehead atoms. The molecule has 1 aromatic heterocycles. The summed E-state index contributed by atoms with van der Waals surface area (Å²) < 4.78 is 0. The van der Waals surface area contributed by atoms with Crippen molar-refractivity contribution in [2.24, 2.45) is 4.99 Å². The minimum Gasteiger partial charge on any atom is -0.357 e. The molecule has 3 rings (SSSR count). The third-order valence-corrected chi connectivity index (χ3v) is 7.49. The molecule has 158 valence electrons. The van der Waals surface area contributed by atoms with Gasteiger partial charge in [-0.15, -0.1) is 11.3 Å². The van der Waals surface area contributed by atoms with Gasteiger partial charge in [-0.2, -0.15) is 0 Å². The normalized spacial score (nSPS) is 21.6. The van der Waals surface area contributed by atoms with E-state index in [2.05, 4.69) is 51.8 Å². The molecule has 2 heterocycles. The molecular formula is C22H39N5S. The van der Waals surface area contributed by atoms with Gasteiger partial charge in [0.2, 0.25) is 0 Å². The Morgan fingerprint density at radius 2 is 1.82 bits per heavy atom. The Morgan fingerprint density at radius 1 is 1.07 bits per heavy atom. The first kappa shape index (κ1) is 21.6. The standard InChI is InChI=1S/C22H39N5S/c1-3-23-21(24-12-13-27-16-14-26(4-2)15-17-27)25-19-22(10-6-5-7-11-22)20-9-8-18-28-20/h8-9,18H,3-7,10-17,19H2,1-2H3,(H2,23,24,25). The molecule has 0 aromatic carbocycles. The molecule has 5 nitrogen and oxygen atoms in total. The molecule has 0 radical (unpaired) electrons. The van der Waals surface area contributed by atoms with Gasteiger partial charge in [0.1, 0.15) is 0 Å². The van der Waals surface area contributed by atoms with Gasteiger partial charge in [-0.05, 0) is 37.8 Å². The number of aliphatic imine (C=N–C) groups is 1. The highest BCUT2D eigenvalue weighted by molar-refractivity contribution is 7.10. The van der Waals surface area contributed by atoms with Gasteiger partial charge in [0.05, 0.1) is 6.54 Å². The van der Waals surface area contributed by atoms with E-state index in [9.17, 15) is 0 Å². The average Bonchev–Trinajstić information content (AvgIpc) is 3.29. The zero-order chi connectivity index (χ0) is 19.7. The number of likely N-dealkylation sites (N-methyl/N-ethyl adjacent to an activating group) is 1. The van der Waals surface area contributed by atoms with Gasteiger partial charge >= 0.3 is 0 Å². The highest BCUT2D eigenvalue weighted by Crippen LogP contribution is 2.41. The zero-order valence-corrected chi connectivity index (χ0v) is 18.7. The van der Waals surface area contributed by atoms with Crippen LogP contribution in [0.3, 0.4) is 0 Å². The van der Waals surface area contributed by atoms with Crippen LogP contribution in [0.15, 0.2) is 22.5 Å². The highest BCUT2D eigenvalue weighted by Gasteiger charge is 2.34. The molecule has 2 N–H and O–H groups in total. The van der Waals surface area contributed by atoms with Crippen LogP contribution in [0.5, 0.6) is 0 Å². The number of nitrogens with zero attached hydrogens (tertiary/aromatic N) is 3. The molecular weight excluding hydrogens is 366 g/mol. The Hall–Kier alpha value is -1.11. The number of nitrogens with one attached hydrogen (secondary N) is 2. The summed E-state index contributed by atoms with van der Waals surface area (Å²) in [5, 5.41) is 9.26. The van der Waals surface area contributed by atoms with Gasteiger partial charge < -0.3 is 15.5 Å². The van der Waals surface area contributed by atoms with E-state index >= 15 is 0 Å². The van der Waals surface area contributed by atoms with E-state index in [-0.39, 0.29) is 5.41 Å². The Labute approximate surface area is 175 Å². The third-order valence-electron chi connectivity index (χ3n) is 6.37. The Kier molecular flexibility index (Phi) is 8.62. The topological polar surface area (TPSA) is 42.9 Å².